The first kappa shape index (κ1) is 15.6. The summed E-state index contributed by atoms with van der Waals surface area (Å²) < 4.78 is 25.9. The van der Waals surface area contributed by atoms with Crippen LogP contribution in [0.25, 0.3) is 0 Å². The Hall–Kier alpha value is -1.78. The highest BCUT2D eigenvalue weighted by molar-refractivity contribution is 7.91. The topological polar surface area (TPSA) is 116 Å². The minimum absolute atomic E-state index is 0.00598. The molecule has 10 heteroatoms. The average molecular weight is 330 g/mol. The minimum Gasteiger partial charge on any atom is -0.477 e. The van der Waals surface area contributed by atoms with Crippen molar-refractivity contribution in [1.82, 2.24) is 19.5 Å². The Morgan fingerprint density at radius 3 is 2.62 bits per heavy atom. The van der Waals surface area contributed by atoms with E-state index in [0.29, 0.717) is 17.2 Å². The van der Waals surface area contributed by atoms with Crippen LogP contribution in [0.15, 0.2) is 10.3 Å². The molecular weight excluding hydrogens is 316 g/mol. The van der Waals surface area contributed by atoms with E-state index in [1.807, 2.05) is 0 Å². The zero-order valence-electron chi connectivity index (χ0n) is 11.6. The molecule has 0 radical (unpaired) electrons. The molecule has 0 amide bonds. The van der Waals surface area contributed by atoms with Gasteiger partial charge in [-0.05, 0) is 25.5 Å². The average Bonchev–Trinajstić information content (AvgIpc) is 2.95. The number of carboxylic acid groups (broad SMARTS) is 1. The molecule has 21 heavy (non-hydrogen) atoms. The van der Waals surface area contributed by atoms with Gasteiger partial charge in [-0.15, -0.1) is 11.3 Å². The number of carboxylic acids is 1. The van der Waals surface area contributed by atoms with Crippen molar-refractivity contribution in [3.05, 3.63) is 28.2 Å². The molecule has 2 rings (SSSR count). The molecule has 0 saturated carbocycles. The molecule has 114 valence electrons. The largest absolute Gasteiger partial charge is 0.477 e. The molecule has 0 fully saturated rings. The Bertz CT molecular complexity index is 778. The van der Waals surface area contributed by atoms with Gasteiger partial charge in [0.1, 0.15) is 14.9 Å². The van der Waals surface area contributed by atoms with Gasteiger partial charge in [0, 0.05) is 7.05 Å². The van der Waals surface area contributed by atoms with Crippen LogP contribution in [-0.4, -0.2) is 46.0 Å². The first-order valence-corrected chi connectivity index (χ1v) is 8.15. The fraction of sp³-hybridized carbons (Fsp3) is 0.364. The van der Waals surface area contributed by atoms with Gasteiger partial charge in [0.25, 0.3) is 10.0 Å². The van der Waals surface area contributed by atoms with Crippen LogP contribution in [-0.2, 0) is 16.6 Å². The van der Waals surface area contributed by atoms with Crippen molar-refractivity contribution in [2.24, 2.45) is 0 Å². The number of hydrogen-bond acceptors (Lipinski definition) is 6. The molecule has 2 heterocycles. The zero-order valence-corrected chi connectivity index (χ0v) is 13.2. The minimum atomic E-state index is -3.77. The first-order valence-electron chi connectivity index (χ1n) is 5.89. The summed E-state index contributed by atoms with van der Waals surface area (Å²) in [4.78, 5) is 15.1. The van der Waals surface area contributed by atoms with E-state index < -0.39 is 16.0 Å². The fourth-order valence-electron chi connectivity index (χ4n) is 1.69. The Morgan fingerprint density at radius 2 is 2.14 bits per heavy atom. The molecule has 0 aromatic carbocycles. The van der Waals surface area contributed by atoms with Crippen molar-refractivity contribution in [2.75, 3.05) is 7.05 Å². The van der Waals surface area contributed by atoms with E-state index in [-0.39, 0.29) is 15.6 Å². The molecule has 0 unspecified atom stereocenters. The highest BCUT2D eigenvalue weighted by Gasteiger charge is 2.26. The maximum absolute atomic E-state index is 12.4. The monoisotopic (exact) mass is 330 g/mol. The summed E-state index contributed by atoms with van der Waals surface area (Å²) in [5, 5.41) is 15.5. The van der Waals surface area contributed by atoms with Crippen LogP contribution in [0.3, 0.4) is 0 Å². The molecular formula is C11H14N4O4S2. The van der Waals surface area contributed by atoms with Gasteiger partial charge < -0.3 is 5.11 Å². The van der Waals surface area contributed by atoms with Crippen LogP contribution < -0.4 is 0 Å². The number of thiophene rings is 1. The third kappa shape index (κ3) is 3.12. The predicted octanol–water partition coefficient (Wildman–Crippen LogP) is 1.00. The number of aryl methyl sites for hydroxylation is 2. The molecule has 0 saturated heterocycles. The Kier molecular flexibility index (Phi) is 4.12. The number of aromatic nitrogens is 3. The van der Waals surface area contributed by atoms with Crippen LogP contribution >= 0.6 is 11.3 Å². The highest BCUT2D eigenvalue weighted by atomic mass is 32.2. The van der Waals surface area contributed by atoms with E-state index in [4.69, 9.17) is 5.11 Å². The van der Waals surface area contributed by atoms with Crippen molar-refractivity contribution in [3.8, 4) is 0 Å². The molecule has 0 aliphatic rings. The summed E-state index contributed by atoms with van der Waals surface area (Å²) in [5.74, 6) is -0.188. The van der Waals surface area contributed by atoms with Crippen molar-refractivity contribution in [3.63, 3.8) is 0 Å². The van der Waals surface area contributed by atoms with Crippen molar-refractivity contribution >= 4 is 27.3 Å². The van der Waals surface area contributed by atoms with Crippen LogP contribution in [0.2, 0.25) is 0 Å². The molecule has 0 aliphatic heterocycles. The lowest BCUT2D eigenvalue weighted by Crippen LogP contribution is -2.26. The molecule has 2 N–H and O–H groups in total. The Balaban J connectivity index is 2.28. The lowest BCUT2D eigenvalue weighted by atomic mass is 10.3. The van der Waals surface area contributed by atoms with Gasteiger partial charge in [-0.2, -0.15) is 9.40 Å². The smallest absolute Gasteiger partial charge is 0.346 e. The van der Waals surface area contributed by atoms with Gasteiger partial charge in [-0.1, -0.05) is 0 Å². The number of nitrogens with one attached hydrogen (secondary N) is 1. The maximum Gasteiger partial charge on any atom is 0.346 e. The first-order chi connectivity index (χ1) is 9.71. The lowest BCUT2D eigenvalue weighted by Gasteiger charge is -2.13. The summed E-state index contributed by atoms with van der Waals surface area (Å²) in [6.07, 6.45) is 0. The lowest BCUT2D eigenvalue weighted by molar-refractivity contribution is 0.0701. The quantitative estimate of drug-likeness (QED) is 0.845. The second-order valence-electron chi connectivity index (χ2n) is 4.48. The number of H-pyrrole nitrogens is 1. The number of rotatable bonds is 5. The second-order valence-corrected chi connectivity index (χ2v) is 7.80. The summed E-state index contributed by atoms with van der Waals surface area (Å²) >= 11 is 0.741. The standard InChI is InChI=1S/C11H14N4O4S2/c1-6-4-9(20-10(6)11(16)17)21(18,19)15(3)5-8-12-7(2)13-14-8/h4H,5H2,1-3H3,(H,16,17)(H,12,13,14). The molecule has 0 atom stereocenters. The van der Waals surface area contributed by atoms with E-state index in [2.05, 4.69) is 15.2 Å². The van der Waals surface area contributed by atoms with Gasteiger partial charge in [0.15, 0.2) is 5.82 Å². The molecule has 0 spiro atoms. The van der Waals surface area contributed by atoms with Gasteiger partial charge in [-0.3, -0.25) is 5.10 Å². The number of carbonyl (C=O) groups is 1. The van der Waals surface area contributed by atoms with Crippen molar-refractivity contribution < 1.29 is 18.3 Å². The van der Waals surface area contributed by atoms with Crippen molar-refractivity contribution in [2.45, 2.75) is 24.6 Å². The molecule has 2 aromatic heterocycles. The van der Waals surface area contributed by atoms with E-state index >= 15 is 0 Å². The van der Waals surface area contributed by atoms with Crippen LogP contribution in [0.1, 0.15) is 26.9 Å². The summed E-state index contributed by atoms with van der Waals surface area (Å²) in [6, 6.07) is 1.36. The molecule has 0 aliphatic carbocycles. The summed E-state index contributed by atoms with van der Waals surface area (Å²) in [6.45, 7) is 3.29. The summed E-state index contributed by atoms with van der Waals surface area (Å²) in [5.41, 5.74) is 0.424. The number of hydrogen-bond donors (Lipinski definition) is 2. The van der Waals surface area contributed by atoms with Crippen LogP contribution in [0.5, 0.6) is 0 Å². The van der Waals surface area contributed by atoms with Gasteiger partial charge in [0.2, 0.25) is 0 Å². The summed E-state index contributed by atoms with van der Waals surface area (Å²) in [7, 11) is -2.37. The SMILES string of the molecule is Cc1nc(CN(C)S(=O)(=O)c2cc(C)c(C(=O)O)s2)n[nH]1. The van der Waals surface area contributed by atoms with Gasteiger partial charge >= 0.3 is 5.97 Å². The normalized spacial score (nSPS) is 12.0. The van der Waals surface area contributed by atoms with Crippen LogP contribution in [0.4, 0.5) is 0 Å². The van der Waals surface area contributed by atoms with Gasteiger partial charge in [-0.25, -0.2) is 18.2 Å². The number of sulfonamides is 1. The maximum atomic E-state index is 12.4. The van der Waals surface area contributed by atoms with E-state index in [9.17, 15) is 13.2 Å². The van der Waals surface area contributed by atoms with Gasteiger partial charge in [0.05, 0.1) is 6.54 Å². The molecule has 8 nitrogen and oxygen atoms in total. The third-order valence-corrected chi connectivity index (χ3v) is 6.24. The zero-order chi connectivity index (χ0) is 15.8. The Morgan fingerprint density at radius 1 is 1.48 bits per heavy atom. The second kappa shape index (κ2) is 5.54. The third-order valence-electron chi connectivity index (χ3n) is 2.76. The van der Waals surface area contributed by atoms with Crippen LogP contribution in [0, 0.1) is 13.8 Å². The number of nitrogens with zero attached hydrogens (tertiary/aromatic N) is 3. The fourth-order valence-corrected chi connectivity index (χ4v) is 4.41. The van der Waals surface area contributed by atoms with E-state index in [1.54, 1.807) is 13.8 Å². The van der Waals surface area contributed by atoms with Crippen molar-refractivity contribution in [1.29, 1.82) is 0 Å². The Labute approximate surface area is 125 Å². The van der Waals surface area contributed by atoms with E-state index in [1.165, 1.54) is 13.1 Å². The van der Waals surface area contributed by atoms with E-state index in [0.717, 1.165) is 15.6 Å². The number of aromatic carboxylic acids is 1. The predicted molar refractivity (Wildman–Crippen MR) is 75.8 cm³/mol. The highest BCUT2D eigenvalue weighted by Crippen LogP contribution is 2.28. The molecule has 2 aromatic rings. The number of aromatic amines is 1. The molecule has 0 bridgehead atoms.